The highest BCUT2D eigenvalue weighted by molar-refractivity contribution is 7.09. The highest BCUT2D eigenvalue weighted by atomic mass is 32.1. The molecule has 0 unspecified atom stereocenters. The molecule has 0 saturated heterocycles. The summed E-state index contributed by atoms with van der Waals surface area (Å²) in [5, 5.41) is 0. The number of thiazole rings is 1. The lowest BCUT2D eigenvalue weighted by atomic mass is 10.3. The molecule has 0 spiro atoms. The maximum Gasteiger partial charge on any atom is 0.573 e. The predicted molar refractivity (Wildman–Crippen MR) is 71.3 cm³/mol. The van der Waals surface area contributed by atoms with Crippen molar-refractivity contribution < 1.29 is 22.7 Å². The van der Waals surface area contributed by atoms with E-state index in [4.69, 9.17) is 0 Å². The number of carbonyl (C=O) groups excluding carboxylic acids is 1. The molecule has 1 amide bonds. The molecule has 21 heavy (non-hydrogen) atoms. The van der Waals surface area contributed by atoms with Crippen LogP contribution in [0.15, 0.2) is 35.5 Å². The van der Waals surface area contributed by atoms with Crippen molar-refractivity contribution in [2.75, 3.05) is 0 Å². The van der Waals surface area contributed by atoms with Crippen LogP contribution < -0.4 is 9.54 Å². The first-order chi connectivity index (χ1) is 9.74. The fourth-order valence-corrected chi connectivity index (χ4v) is 2.54. The van der Waals surface area contributed by atoms with Crippen LogP contribution in [-0.4, -0.2) is 16.8 Å². The Morgan fingerprint density at radius 1 is 1.29 bits per heavy atom. The van der Waals surface area contributed by atoms with Gasteiger partial charge in [0, 0.05) is 23.7 Å². The number of rotatable bonds is 2. The summed E-state index contributed by atoms with van der Waals surface area (Å²) in [6.07, 6.45) is -2.96. The van der Waals surface area contributed by atoms with Gasteiger partial charge in [-0.1, -0.05) is 0 Å². The van der Waals surface area contributed by atoms with Crippen LogP contribution in [0.1, 0.15) is 11.8 Å². The Labute approximate surface area is 122 Å². The third-order valence-electron chi connectivity index (χ3n) is 2.37. The van der Waals surface area contributed by atoms with E-state index in [1.165, 1.54) is 42.5 Å². The van der Waals surface area contributed by atoms with Gasteiger partial charge in [0.1, 0.15) is 5.75 Å². The number of aromatic nitrogens is 1. The van der Waals surface area contributed by atoms with Crippen molar-refractivity contribution in [2.45, 2.75) is 20.2 Å². The zero-order valence-corrected chi connectivity index (χ0v) is 12.0. The lowest BCUT2D eigenvalue weighted by Gasteiger charge is -2.09. The fourth-order valence-electron chi connectivity index (χ4n) is 1.66. The Bertz CT molecular complexity index is 714. The average molecular weight is 316 g/mol. The van der Waals surface area contributed by atoms with Gasteiger partial charge in [-0.3, -0.25) is 9.36 Å². The van der Waals surface area contributed by atoms with Crippen molar-refractivity contribution in [1.29, 1.82) is 0 Å². The van der Waals surface area contributed by atoms with Crippen molar-refractivity contribution in [3.8, 4) is 11.4 Å². The second kappa shape index (κ2) is 5.72. The second-order valence-electron chi connectivity index (χ2n) is 4.17. The largest absolute Gasteiger partial charge is 0.573 e. The van der Waals surface area contributed by atoms with Gasteiger partial charge < -0.3 is 4.74 Å². The maximum absolute atomic E-state index is 12.1. The molecule has 0 aliphatic heterocycles. The van der Waals surface area contributed by atoms with E-state index in [9.17, 15) is 18.0 Å². The number of ether oxygens (including phenoxy) is 1. The number of nitrogens with zero attached hydrogens (tertiary/aromatic N) is 2. The maximum atomic E-state index is 12.1. The molecule has 0 aliphatic rings. The molecule has 2 aromatic rings. The van der Waals surface area contributed by atoms with Gasteiger partial charge in [-0.15, -0.1) is 24.5 Å². The van der Waals surface area contributed by atoms with Crippen LogP contribution in [0.5, 0.6) is 5.75 Å². The quantitative estimate of drug-likeness (QED) is 0.854. The van der Waals surface area contributed by atoms with Crippen LogP contribution in [-0.2, 0) is 4.79 Å². The molecule has 1 heterocycles. The standard InChI is InChI=1S/C13H11F3N2O2S/c1-8-7-18(12(21-8)17-9(2)19)10-3-5-11(6-4-10)20-13(14,15)16/h3-7H,1-2H3. The average Bonchev–Trinajstić information content (AvgIpc) is 2.68. The first kappa shape index (κ1) is 15.3. The van der Waals surface area contributed by atoms with Gasteiger partial charge in [0.2, 0.25) is 5.91 Å². The van der Waals surface area contributed by atoms with Gasteiger partial charge >= 0.3 is 6.36 Å². The van der Waals surface area contributed by atoms with Crippen molar-refractivity contribution in [3.63, 3.8) is 0 Å². The number of benzene rings is 1. The summed E-state index contributed by atoms with van der Waals surface area (Å²) in [7, 11) is 0. The molecule has 0 atom stereocenters. The van der Waals surface area contributed by atoms with E-state index in [-0.39, 0.29) is 11.7 Å². The van der Waals surface area contributed by atoms with Crippen LogP contribution in [0, 0.1) is 6.92 Å². The number of amides is 1. The van der Waals surface area contributed by atoms with Gasteiger partial charge in [-0.05, 0) is 31.2 Å². The minimum Gasteiger partial charge on any atom is -0.406 e. The third-order valence-corrected chi connectivity index (χ3v) is 3.27. The molecule has 1 aromatic carbocycles. The first-order valence-corrected chi connectivity index (χ1v) is 6.67. The Morgan fingerprint density at radius 2 is 1.90 bits per heavy atom. The monoisotopic (exact) mass is 316 g/mol. The van der Waals surface area contributed by atoms with Crippen LogP contribution in [0.4, 0.5) is 13.2 Å². The number of hydrogen-bond donors (Lipinski definition) is 0. The highest BCUT2D eigenvalue weighted by Gasteiger charge is 2.30. The first-order valence-electron chi connectivity index (χ1n) is 5.85. The summed E-state index contributed by atoms with van der Waals surface area (Å²) in [6, 6.07) is 5.35. The fraction of sp³-hybridized carbons (Fsp3) is 0.231. The van der Waals surface area contributed by atoms with E-state index in [0.717, 1.165) is 4.88 Å². The molecule has 8 heteroatoms. The third kappa shape index (κ3) is 4.19. The van der Waals surface area contributed by atoms with Crippen LogP contribution in [0.2, 0.25) is 0 Å². The Balaban J connectivity index is 2.38. The van der Waals surface area contributed by atoms with Gasteiger partial charge in [-0.2, -0.15) is 4.99 Å². The summed E-state index contributed by atoms with van der Waals surface area (Å²) >= 11 is 1.32. The minimum absolute atomic E-state index is 0.302. The lowest BCUT2D eigenvalue weighted by molar-refractivity contribution is -0.274. The molecule has 112 valence electrons. The summed E-state index contributed by atoms with van der Waals surface area (Å²) < 4.78 is 41.7. The number of halogens is 3. The molecule has 0 radical (unpaired) electrons. The van der Waals surface area contributed by atoms with Crippen molar-refractivity contribution in [3.05, 3.63) is 40.1 Å². The van der Waals surface area contributed by atoms with E-state index in [1.807, 2.05) is 6.92 Å². The van der Waals surface area contributed by atoms with Crippen LogP contribution >= 0.6 is 11.3 Å². The number of hydrogen-bond acceptors (Lipinski definition) is 3. The van der Waals surface area contributed by atoms with Crippen molar-refractivity contribution >= 4 is 17.2 Å². The van der Waals surface area contributed by atoms with Gasteiger partial charge in [-0.25, -0.2) is 0 Å². The van der Waals surface area contributed by atoms with E-state index < -0.39 is 6.36 Å². The molecular formula is C13H11F3N2O2S. The van der Waals surface area contributed by atoms with Crippen LogP contribution in [0.3, 0.4) is 0 Å². The zero-order chi connectivity index (χ0) is 15.6. The summed E-state index contributed by atoms with van der Waals surface area (Å²) in [5.41, 5.74) is 0.592. The molecule has 1 aromatic heterocycles. The van der Waals surface area contributed by atoms with Gasteiger partial charge in [0.15, 0.2) is 4.80 Å². The Hall–Kier alpha value is -2.09. The zero-order valence-electron chi connectivity index (χ0n) is 11.1. The smallest absolute Gasteiger partial charge is 0.406 e. The molecule has 2 rings (SSSR count). The second-order valence-corrected chi connectivity index (χ2v) is 5.38. The molecule has 0 bridgehead atoms. The predicted octanol–water partition coefficient (Wildman–Crippen LogP) is 3.19. The molecular weight excluding hydrogens is 305 g/mol. The van der Waals surface area contributed by atoms with E-state index >= 15 is 0 Å². The summed E-state index contributed by atoms with van der Waals surface area (Å²) in [4.78, 5) is 16.4. The van der Waals surface area contributed by atoms with E-state index in [2.05, 4.69) is 9.73 Å². The normalized spacial score (nSPS) is 12.5. The SMILES string of the molecule is CC(=O)N=c1sc(C)cn1-c1ccc(OC(F)(F)F)cc1. The molecule has 0 fully saturated rings. The number of aryl methyl sites for hydroxylation is 1. The van der Waals surface area contributed by atoms with Gasteiger partial charge in [0.25, 0.3) is 0 Å². The lowest BCUT2D eigenvalue weighted by Crippen LogP contribution is -2.17. The minimum atomic E-state index is -4.72. The Morgan fingerprint density at radius 3 is 2.43 bits per heavy atom. The van der Waals surface area contributed by atoms with E-state index in [1.54, 1.807) is 10.8 Å². The number of carbonyl (C=O) groups is 1. The van der Waals surface area contributed by atoms with Gasteiger partial charge in [0.05, 0.1) is 0 Å². The molecule has 0 aliphatic carbocycles. The Kier molecular flexibility index (Phi) is 4.17. The number of alkyl halides is 3. The summed E-state index contributed by atoms with van der Waals surface area (Å²) in [6.45, 7) is 3.18. The van der Waals surface area contributed by atoms with Crippen molar-refractivity contribution in [2.24, 2.45) is 4.99 Å². The molecule has 0 saturated carbocycles. The van der Waals surface area contributed by atoms with Crippen LogP contribution in [0.25, 0.3) is 5.69 Å². The molecule has 0 N–H and O–H groups in total. The van der Waals surface area contributed by atoms with Crippen molar-refractivity contribution in [1.82, 2.24) is 4.57 Å². The topological polar surface area (TPSA) is 43.6 Å². The summed E-state index contributed by atoms with van der Waals surface area (Å²) in [5.74, 6) is -0.647. The highest BCUT2D eigenvalue weighted by Crippen LogP contribution is 2.23. The van der Waals surface area contributed by atoms with E-state index in [0.29, 0.717) is 10.5 Å². The molecule has 4 nitrogen and oxygen atoms in total.